The number of carbonyl (C=O) groups is 2. The number of carbonyl (C=O) groups excluding carboxylic acids is 2. The van der Waals surface area contributed by atoms with Crippen molar-refractivity contribution in [3.05, 3.63) is 24.3 Å². The van der Waals surface area contributed by atoms with Gasteiger partial charge in [-0.1, -0.05) is 12.1 Å². The minimum absolute atomic E-state index is 0.00908. The Morgan fingerprint density at radius 1 is 1.21 bits per heavy atom. The molecule has 1 heterocycles. The average molecular weight is 352 g/mol. The summed E-state index contributed by atoms with van der Waals surface area (Å²) in [7, 11) is -2.66. The van der Waals surface area contributed by atoms with Crippen molar-refractivity contribution < 1.29 is 22.7 Å². The molecule has 8 heteroatoms. The predicted octanol–water partition coefficient (Wildman–Crippen LogP) is 1.36. The van der Waals surface area contributed by atoms with Crippen LogP contribution in [0, 0.1) is 5.92 Å². The van der Waals surface area contributed by atoms with Gasteiger partial charge in [-0.05, 0) is 37.8 Å². The maximum atomic E-state index is 13.0. The number of hydrogen-bond donors (Lipinski definition) is 1. The molecule has 2 fully saturated rings. The van der Waals surface area contributed by atoms with Gasteiger partial charge in [-0.15, -0.1) is 0 Å². The average Bonchev–Trinajstić information content (AvgIpc) is 3.31. The SMILES string of the molecule is COC(=O)[C@H]1CCCN1S(=O)(=O)c1ccccc1NC(=O)C1CC1. The number of esters is 1. The largest absolute Gasteiger partial charge is 0.468 e. The number of rotatable bonds is 5. The number of hydrogen-bond acceptors (Lipinski definition) is 5. The number of nitrogens with one attached hydrogen (secondary N) is 1. The van der Waals surface area contributed by atoms with Gasteiger partial charge in [-0.2, -0.15) is 4.31 Å². The van der Waals surface area contributed by atoms with Crippen LogP contribution >= 0.6 is 0 Å². The fraction of sp³-hybridized carbons (Fsp3) is 0.500. The fourth-order valence-electron chi connectivity index (χ4n) is 2.90. The second-order valence-electron chi connectivity index (χ2n) is 6.06. The van der Waals surface area contributed by atoms with Crippen LogP contribution in [0.2, 0.25) is 0 Å². The molecule has 1 atom stereocenters. The van der Waals surface area contributed by atoms with Crippen LogP contribution in [0.15, 0.2) is 29.2 Å². The van der Waals surface area contributed by atoms with E-state index in [0.717, 1.165) is 12.8 Å². The van der Waals surface area contributed by atoms with Crippen molar-refractivity contribution in [2.24, 2.45) is 5.92 Å². The standard InChI is InChI=1S/C16H20N2O5S/c1-23-16(20)13-6-4-10-18(13)24(21,22)14-7-3-2-5-12(14)17-15(19)11-8-9-11/h2-3,5,7,11,13H,4,6,8-10H2,1H3,(H,17,19)/t13-/m1/s1. The number of anilines is 1. The molecule has 1 amide bonds. The minimum Gasteiger partial charge on any atom is -0.468 e. The molecule has 0 radical (unpaired) electrons. The highest BCUT2D eigenvalue weighted by molar-refractivity contribution is 7.89. The molecular weight excluding hydrogens is 332 g/mol. The van der Waals surface area contributed by atoms with E-state index in [1.807, 2.05) is 0 Å². The van der Waals surface area contributed by atoms with Crippen LogP contribution in [0.25, 0.3) is 0 Å². The van der Waals surface area contributed by atoms with Gasteiger partial charge in [0.25, 0.3) is 0 Å². The van der Waals surface area contributed by atoms with E-state index in [-0.39, 0.29) is 29.0 Å². The maximum absolute atomic E-state index is 13.0. The summed E-state index contributed by atoms with van der Waals surface area (Å²) in [4.78, 5) is 23.9. The molecule has 3 rings (SSSR count). The lowest BCUT2D eigenvalue weighted by molar-refractivity contribution is -0.144. The minimum atomic E-state index is -3.91. The Morgan fingerprint density at radius 2 is 1.92 bits per heavy atom. The van der Waals surface area contributed by atoms with Crippen LogP contribution in [0.4, 0.5) is 5.69 Å². The first-order chi connectivity index (χ1) is 11.4. The van der Waals surface area contributed by atoms with E-state index in [1.165, 1.54) is 17.5 Å². The molecule has 0 aromatic heterocycles. The molecule has 1 saturated heterocycles. The molecule has 0 unspecified atom stereocenters. The van der Waals surface area contributed by atoms with Crippen LogP contribution in [-0.4, -0.2) is 44.3 Å². The number of amides is 1. The third-order valence-electron chi connectivity index (χ3n) is 4.36. The summed E-state index contributed by atoms with van der Waals surface area (Å²) < 4.78 is 31.9. The molecule has 7 nitrogen and oxygen atoms in total. The van der Waals surface area contributed by atoms with Crippen LogP contribution in [0.1, 0.15) is 25.7 Å². The number of ether oxygens (including phenoxy) is 1. The zero-order chi connectivity index (χ0) is 17.3. The second-order valence-corrected chi connectivity index (χ2v) is 7.92. The Bertz CT molecular complexity index is 757. The Morgan fingerprint density at radius 3 is 2.58 bits per heavy atom. The molecular formula is C16H20N2O5S. The lowest BCUT2D eigenvalue weighted by atomic mass is 10.2. The summed E-state index contributed by atoms with van der Waals surface area (Å²) in [5.41, 5.74) is 0.255. The fourth-order valence-corrected chi connectivity index (χ4v) is 4.70. The molecule has 1 aliphatic heterocycles. The smallest absolute Gasteiger partial charge is 0.324 e. The molecule has 130 valence electrons. The van der Waals surface area contributed by atoms with E-state index in [2.05, 4.69) is 5.32 Å². The maximum Gasteiger partial charge on any atom is 0.324 e. The Hall–Kier alpha value is -1.93. The highest BCUT2D eigenvalue weighted by Crippen LogP contribution is 2.33. The first-order valence-corrected chi connectivity index (χ1v) is 9.38. The van der Waals surface area contributed by atoms with Crippen LogP contribution in [-0.2, 0) is 24.3 Å². The number of sulfonamides is 1. The third kappa shape index (κ3) is 3.16. The van der Waals surface area contributed by atoms with Gasteiger partial charge in [0, 0.05) is 12.5 Å². The van der Waals surface area contributed by atoms with E-state index in [1.54, 1.807) is 18.2 Å². The van der Waals surface area contributed by atoms with Gasteiger partial charge in [0.15, 0.2) is 0 Å². The molecule has 0 bridgehead atoms. The van der Waals surface area contributed by atoms with Crippen molar-refractivity contribution in [1.82, 2.24) is 4.31 Å². The normalized spacial score (nSPS) is 21.5. The van der Waals surface area contributed by atoms with Gasteiger partial charge in [0.1, 0.15) is 10.9 Å². The monoisotopic (exact) mass is 352 g/mol. The van der Waals surface area contributed by atoms with Crippen molar-refractivity contribution in [3.63, 3.8) is 0 Å². The van der Waals surface area contributed by atoms with Gasteiger partial charge in [-0.25, -0.2) is 8.42 Å². The van der Waals surface area contributed by atoms with Gasteiger partial charge < -0.3 is 10.1 Å². The van der Waals surface area contributed by atoms with Gasteiger partial charge in [-0.3, -0.25) is 9.59 Å². The molecule has 1 aromatic rings. The van der Waals surface area contributed by atoms with E-state index >= 15 is 0 Å². The van der Waals surface area contributed by atoms with E-state index in [9.17, 15) is 18.0 Å². The molecule has 1 saturated carbocycles. The van der Waals surface area contributed by atoms with Crippen LogP contribution < -0.4 is 5.32 Å². The van der Waals surface area contributed by atoms with Crippen molar-refractivity contribution >= 4 is 27.6 Å². The summed E-state index contributed by atoms with van der Waals surface area (Å²) in [5.74, 6) is -0.755. The predicted molar refractivity (Wildman–Crippen MR) is 86.7 cm³/mol. The van der Waals surface area contributed by atoms with E-state index in [4.69, 9.17) is 4.74 Å². The zero-order valence-corrected chi connectivity index (χ0v) is 14.2. The van der Waals surface area contributed by atoms with Crippen LogP contribution in [0.3, 0.4) is 0 Å². The van der Waals surface area contributed by atoms with Gasteiger partial charge in [0.05, 0.1) is 12.8 Å². The summed E-state index contributed by atoms with van der Waals surface area (Å²) >= 11 is 0. The van der Waals surface area contributed by atoms with Crippen LogP contribution in [0.5, 0.6) is 0 Å². The van der Waals surface area contributed by atoms with Crippen molar-refractivity contribution in [3.8, 4) is 0 Å². The van der Waals surface area contributed by atoms with Crippen molar-refractivity contribution in [2.75, 3.05) is 19.0 Å². The summed E-state index contributed by atoms with van der Waals surface area (Å²) in [6.07, 6.45) is 2.69. The molecule has 1 aliphatic carbocycles. The first kappa shape index (κ1) is 16.9. The molecule has 0 spiro atoms. The summed E-state index contributed by atoms with van der Waals surface area (Å²) in [5, 5.41) is 2.70. The zero-order valence-electron chi connectivity index (χ0n) is 13.4. The molecule has 1 aromatic carbocycles. The van der Waals surface area contributed by atoms with E-state index in [0.29, 0.717) is 12.8 Å². The molecule has 24 heavy (non-hydrogen) atoms. The van der Waals surface area contributed by atoms with E-state index < -0.39 is 22.0 Å². The highest BCUT2D eigenvalue weighted by atomic mass is 32.2. The number of para-hydroxylation sites is 1. The topological polar surface area (TPSA) is 92.8 Å². The lowest BCUT2D eigenvalue weighted by Gasteiger charge is -2.23. The Balaban J connectivity index is 1.92. The Labute approximate surface area is 141 Å². The number of nitrogens with zero attached hydrogens (tertiary/aromatic N) is 1. The van der Waals surface area contributed by atoms with Crippen molar-refractivity contribution in [1.29, 1.82) is 0 Å². The van der Waals surface area contributed by atoms with Gasteiger partial charge in [0.2, 0.25) is 15.9 Å². The lowest BCUT2D eigenvalue weighted by Crippen LogP contribution is -2.41. The third-order valence-corrected chi connectivity index (χ3v) is 6.32. The number of benzene rings is 1. The van der Waals surface area contributed by atoms with Gasteiger partial charge >= 0.3 is 5.97 Å². The first-order valence-electron chi connectivity index (χ1n) is 7.94. The Kier molecular flexibility index (Phi) is 4.60. The second kappa shape index (κ2) is 6.52. The quantitative estimate of drug-likeness (QED) is 0.808. The highest BCUT2D eigenvalue weighted by Gasteiger charge is 2.41. The number of methoxy groups -OCH3 is 1. The van der Waals surface area contributed by atoms with Crippen molar-refractivity contribution in [2.45, 2.75) is 36.6 Å². The molecule has 2 aliphatic rings. The summed E-state index contributed by atoms with van der Waals surface area (Å²) in [6.45, 7) is 0.257. The molecule has 1 N–H and O–H groups in total. The summed E-state index contributed by atoms with van der Waals surface area (Å²) in [6, 6.07) is 5.47.